The van der Waals surface area contributed by atoms with E-state index in [9.17, 15) is 8.42 Å². The van der Waals surface area contributed by atoms with Crippen molar-refractivity contribution in [3.8, 4) is 0 Å². The summed E-state index contributed by atoms with van der Waals surface area (Å²) < 4.78 is 27.2. The summed E-state index contributed by atoms with van der Waals surface area (Å²) in [5.74, 6) is 0. The summed E-state index contributed by atoms with van der Waals surface area (Å²) in [4.78, 5) is 0.200. The van der Waals surface area contributed by atoms with Gasteiger partial charge in [0, 0.05) is 12.2 Å². The number of aryl methyl sites for hydroxylation is 2. The van der Waals surface area contributed by atoms with E-state index >= 15 is 0 Å². The van der Waals surface area contributed by atoms with Gasteiger partial charge in [0.2, 0.25) is 10.0 Å². The molecule has 0 amide bonds. The van der Waals surface area contributed by atoms with Crippen molar-refractivity contribution < 1.29 is 8.42 Å². The van der Waals surface area contributed by atoms with Gasteiger partial charge in [0.25, 0.3) is 0 Å². The second-order valence-electron chi connectivity index (χ2n) is 4.97. The first-order valence-corrected chi connectivity index (χ1v) is 8.35. The third-order valence-corrected chi connectivity index (χ3v) is 4.92. The quantitative estimate of drug-likeness (QED) is 0.834. The van der Waals surface area contributed by atoms with Crippen LogP contribution in [0, 0.1) is 6.92 Å². The minimum Gasteiger partial charge on any atom is -0.398 e. The third-order valence-electron chi connectivity index (χ3n) is 3.52. The lowest BCUT2D eigenvalue weighted by Gasteiger charge is -2.10. The molecular weight excluding hydrogens is 284 g/mol. The van der Waals surface area contributed by atoms with Gasteiger partial charge in [0.15, 0.2) is 0 Å². The predicted molar refractivity (Wildman–Crippen MR) is 85.4 cm³/mol. The Morgan fingerprint density at radius 2 is 1.81 bits per heavy atom. The summed E-state index contributed by atoms with van der Waals surface area (Å²) in [6, 6.07) is 12.6. The highest BCUT2D eigenvalue weighted by atomic mass is 32.2. The second-order valence-corrected chi connectivity index (χ2v) is 6.73. The summed E-state index contributed by atoms with van der Waals surface area (Å²) in [6.07, 6.45) is 0.781. The minimum atomic E-state index is -3.55. The van der Waals surface area contributed by atoms with Gasteiger partial charge in [0.05, 0.1) is 4.90 Å². The molecule has 0 atom stereocenters. The SMILES string of the molecule is CCc1ccc(S(=O)(=O)NCc2ccccc2C)cc1N. The van der Waals surface area contributed by atoms with Gasteiger partial charge in [-0.25, -0.2) is 13.1 Å². The van der Waals surface area contributed by atoms with Crippen molar-refractivity contribution >= 4 is 15.7 Å². The minimum absolute atomic E-state index is 0.200. The first-order chi connectivity index (χ1) is 9.94. The van der Waals surface area contributed by atoms with Gasteiger partial charge in [0.1, 0.15) is 0 Å². The van der Waals surface area contributed by atoms with E-state index < -0.39 is 10.0 Å². The lowest BCUT2D eigenvalue weighted by Crippen LogP contribution is -2.23. The number of hydrogen-bond donors (Lipinski definition) is 2. The molecule has 0 aromatic heterocycles. The Hall–Kier alpha value is -1.85. The van der Waals surface area contributed by atoms with Crippen molar-refractivity contribution in [2.75, 3.05) is 5.73 Å². The fourth-order valence-electron chi connectivity index (χ4n) is 2.13. The number of anilines is 1. The molecule has 0 spiro atoms. The van der Waals surface area contributed by atoms with Gasteiger partial charge >= 0.3 is 0 Å². The van der Waals surface area contributed by atoms with E-state index in [1.54, 1.807) is 12.1 Å². The van der Waals surface area contributed by atoms with Crippen molar-refractivity contribution in [1.82, 2.24) is 4.72 Å². The van der Waals surface area contributed by atoms with Gasteiger partial charge in [-0.3, -0.25) is 0 Å². The number of sulfonamides is 1. The van der Waals surface area contributed by atoms with Gasteiger partial charge in [-0.05, 0) is 42.2 Å². The van der Waals surface area contributed by atoms with E-state index in [4.69, 9.17) is 5.73 Å². The van der Waals surface area contributed by atoms with Crippen molar-refractivity contribution in [1.29, 1.82) is 0 Å². The summed E-state index contributed by atoms with van der Waals surface area (Å²) in [7, 11) is -3.55. The molecule has 0 radical (unpaired) electrons. The molecule has 0 aliphatic heterocycles. The van der Waals surface area contributed by atoms with E-state index in [0.29, 0.717) is 5.69 Å². The molecule has 112 valence electrons. The van der Waals surface area contributed by atoms with Crippen LogP contribution in [0.15, 0.2) is 47.4 Å². The molecule has 21 heavy (non-hydrogen) atoms. The molecule has 0 unspecified atom stereocenters. The Morgan fingerprint density at radius 3 is 2.43 bits per heavy atom. The Kier molecular flexibility index (Phi) is 4.65. The molecule has 2 aromatic carbocycles. The van der Waals surface area contributed by atoms with Crippen LogP contribution in [-0.2, 0) is 23.0 Å². The van der Waals surface area contributed by atoms with Crippen LogP contribution in [0.1, 0.15) is 23.6 Å². The van der Waals surface area contributed by atoms with Gasteiger partial charge < -0.3 is 5.73 Å². The van der Waals surface area contributed by atoms with Crippen LogP contribution in [0.25, 0.3) is 0 Å². The van der Waals surface area contributed by atoms with Crippen LogP contribution in [0.2, 0.25) is 0 Å². The summed E-state index contributed by atoms with van der Waals surface area (Å²) in [6.45, 7) is 4.21. The zero-order chi connectivity index (χ0) is 15.5. The third kappa shape index (κ3) is 3.62. The van der Waals surface area contributed by atoms with Gasteiger partial charge in [-0.1, -0.05) is 37.3 Å². The van der Waals surface area contributed by atoms with Crippen LogP contribution < -0.4 is 10.5 Å². The van der Waals surface area contributed by atoms with Crippen LogP contribution in [0.5, 0.6) is 0 Å². The van der Waals surface area contributed by atoms with Crippen LogP contribution in [0.3, 0.4) is 0 Å². The lowest BCUT2D eigenvalue weighted by atomic mass is 10.1. The maximum Gasteiger partial charge on any atom is 0.240 e. The molecule has 0 aliphatic rings. The molecule has 5 heteroatoms. The van der Waals surface area contributed by atoms with E-state index in [1.165, 1.54) is 6.07 Å². The fraction of sp³-hybridized carbons (Fsp3) is 0.250. The van der Waals surface area contributed by atoms with Gasteiger partial charge in [-0.2, -0.15) is 0 Å². The molecular formula is C16H20N2O2S. The zero-order valence-electron chi connectivity index (χ0n) is 12.3. The molecule has 2 aromatic rings. The number of nitrogens with one attached hydrogen (secondary N) is 1. The molecule has 3 N–H and O–H groups in total. The number of nitrogen functional groups attached to an aromatic ring is 1. The van der Waals surface area contributed by atoms with Crippen molar-refractivity contribution in [3.05, 3.63) is 59.2 Å². The number of rotatable bonds is 5. The normalized spacial score (nSPS) is 11.5. The number of benzene rings is 2. The molecule has 0 bridgehead atoms. The smallest absolute Gasteiger partial charge is 0.240 e. The molecule has 0 saturated heterocycles. The summed E-state index contributed by atoms with van der Waals surface area (Å²) in [5.41, 5.74) is 9.34. The Labute approximate surface area is 126 Å². The van der Waals surface area contributed by atoms with E-state index in [0.717, 1.165) is 23.1 Å². The Balaban J connectivity index is 2.19. The first-order valence-electron chi connectivity index (χ1n) is 6.86. The van der Waals surface area contributed by atoms with E-state index in [-0.39, 0.29) is 11.4 Å². The highest BCUT2D eigenvalue weighted by Gasteiger charge is 2.15. The highest BCUT2D eigenvalue weighted by molar-refractivity contribution is 7.89. The largest absolute Gasteiger partial charge is 0.398 e. The van der Waals surface area contributed by atoms with Crippen molar-refractivity contribution in [3.63, 3.8) is 0 Å². The van der Waals surface area contributed by atoms with Gasteiger partial charge in [-0.15, -0.1) is 0 Å². The first kappa shape index (κ1) is 15.5. The summed E-state index contributed by atoms with van der Waals surface area (Å²) in [5, 5.41) is 0. The van der Waals surface area contributed by atoms with E-state index in [1.807, 2.05) is 38.1 Å². The average Bonchev–Trinajstić information content (AvgIpc) is 2.46. The fourth-order valence-corrected chi connectivity index (χ4v) is 3.17. The predicted octanol–water partition coefficient (Wildman–Crippen LogP) is 2.62. The maximum absolute atomic E-state index is 12.3. The maximum atomic E-state index is 12.3. The lowest BCUT2D eigenvalue weighted by molar-refractivity contribution is 0.581. The van der Waals surface area contributed by atoms with Crippen molar-refractivity contribution in [2.45, 2.75) is 31.7 Å². The summed E-state index contributed by atoms with van der Waals surface area (Å²) >= 11 is 0. The Bertz CT molecular complexity index is 740. The zero-order valence-corrected chi connectivity index (χ0v) is 13.1. The monoisotopic (exact) mass is 304 g/mol. The molecule has 2 rings (SSSR count). The highest BCUT2D eigenvalue weighted by Crippen LogP contribution is 2.19. The topological polar surface area (TPSA) is 72.2 Å². The molecule has 0 aliphatic carbocycles. The molecule has 4 nitrogen and oxygen atoms in total. The van der Waals surface area contributed by atoms with E-state index in [2.05, 4.69) is 4.72 Å². The number of nitrogens with two attached hydrogens (primary N) is 1. The molecule has 0 saturated carbocycles. The standard InChI is InChI=1S/C16H20N2O2S/c1-3-13-8-9-15(10-16(13)17)21(19,20)18-11-14-7-5-4-6-12(14)2/h4-10,18H,3,11,17H2,1-2H3. The Morgan fingerprint density at radius 1 is 1.10 bits per heavy atom. The average molecular weight is 304 g/mol. The van der Waals surface area contributed by atoms with Crippen molar-refractivity contribution in [2.24, 2.45) is 0 Å². The second kappa shape index (κ2) is 6.28. The molecule has 0 heterocycles. The number of hydrogen-bond acceptors (Lipinski definition) is 3. The molecule has 0 fully saturated rings. The van der Waals surface area contributed by atoms with Crippen LogP contribution >= 0.6 is 0 Å². The van der Waals surface area contributed by atoms with Crippen LogP contribution in [-0.4, -0.2) is 8.42 Å². The van der Waals surface area contributed by atoms with Crippen LogP contribution in [0.4, 0.5) is 5.69 Å².